The van der Waals surface area contributed by atoms with Crippen molar-refractivity contribution in [2.24, 2.45) is 0 Å². The summed E-state index contributed by atoms with van der Waals surface area (Å²) < 4.78 is 35.1. The lowest BCUT2D eigenvalue weighted by atomic mass is 10.2. The van der Waals surface area contributed by atoms with E-state index in [1.54, 1.807) is 11.8 Å². The first-order valence-electron chi connectivity index (χ1n) is 3.45. The molecule has 1 saturated heterocycles. The zero-order chi connectivity index (χ0) is 9.19. The molecule has 0 aliphatic carbocycles. The van der Waals surface area contributed by atoms with E-state index in [0.717, 1.165) is 5.75 Å². The second-order valence-electron chi connectivity index (χ2n) is 2.53. The van der Waals surface area contributed by atoms with Gasteiger partial charge in [-0.15, -0.1) is 0 Å². The molecule has 0 saturated carbocycles. The van der Waals surface area contributed by atoms with E-state index < -0.39 is 12.1 Å². The summed E-state index contributed by atoms with van der Waals surface area (Å²) in [6.45, 7) is 0. The van der Waals surface area contributed by atoms with Crippen molar-refractivity contribution in [1.29, 1.82) is 0 Å². The largest absolute Gasteiger partial charge is 0.471 e. The third kappa shape index (κ3) is 2.58. The SMILES string of the molecule is O=C(NC1CCSC1)C(F)(F)F. The third-order valence-electron chi connectivity index (χ3n) is 1.52. The third-order valence-corrected chi connectivity index (χ3v) is 2.68. The lowest BCUT2D eigenvalue weighted by Crippen LogP contribution is -2.43. The van der Waals surface area contributed by atoms with Crippen molar-refractivity contribution in [2.45, 2.75) is 18.6 Å². The van der Waals surface area contributed by atoms with E-state index in [1.807, 2.05) is 5.32 Å². The molecule has 70 valence electrons. The number of rotatable bonds is 1. The predicted octanol–water partition coefficient (Wildman–Crippen LogP) is 1.17. The summed E-state index contributed by atoms with van der Waals surface area (Å²) >= 11 is 1.55. The number of carbonyl (C=O) groups excluding carboxylic acids is 1. The van der Waals surface area contributed by atoms with Gasteiger partial charge in [0.2, 0.25) is 0 Å². The maximum atomic E-state index is 11.7. The minimum atomic E-state index is -4.74. The predicted molar refractivity (Wildman–Crippen MR) is 39.9 cm³/mol. The van der Waals surface area contributed by atoms with Crippen LogP contribution in [-0.4, -0.2) is 29.6 Å². The second-order valence-corrected chi connectivity index (χ2v) is 3.68. The molecule has 0 radical (unpaired) electrons. The summed E-state index contributed by atoms with van der Waals surface area (Å²) in [5.74, 6) is -0.417. The van der Waals surface area contributed by atoms with E-state index >= 15 is 0 Å². The smallest absolute Gasteiger partial charge is 0.345 e. The van der Waals surface area contributed by atoms with Crippen LogP contribution in [0.15, 0.2) is 0 Å². The van der Waals surface area contributed by atoms with Crippen LogP contribution >= 0.6 is 11.8 Å². The molecule has 1 N–H and O–H groups in total. The zero-order valence-corrected chi connectivity index (χ0v) is 6.97. The summed E-state index contributed by atoms with van der Waals surface area (Å²) in [6.07, 6.45) is -4.11. The van der Waals surface area contributed by atoms with Gasteiger partial charge in [0.05, 0.1) is 0 Å². The van der Waals surface area contributed by atoms with Gasteiger partial charge < -0.3 is 5.32 Å². The lowest BCUT2D eigenvalue weighted by Gasteiger charge is -2.12. The lowest BCUT2D eigenvalue weighted by molar-refractivity contribution is -0.174. The molecule has 1 aliphatic rings. The fraction of sp³-hybridized carbons (Fsp3) is 0.833. The molecule has 0 bridgehead atoms. The van der Waals surface area contributed by atoms with E-state index in [0.29, 0.717) is 12.2 Å². The molecule has 12 heavy (non-hydrogen) atoms. The van der Waals surface area contributed by atoms with Gasteiger partial charge in [0, 0.05) is 11.8 Å². The molecule has 0 aromatic rings. The highest BCUT2D eigenvalue weighted by molar-refractivity contribution is 7.99. The Morgan fingerprint density at radius 2 is 2.17 bits per heavy atom. The van der Waals surface area contributed by atoms with Crippen LogP contribution < -0.4 is 5.32 Å². The summed E-state index contributed by atoms with van der Waals surface area (Å²) in [5.41, 5.74) is 0. The molecule has 1 unspecified atom stereocenters. The monoisotopic (exact) mass is 199 g/mol. The van der Waals surface area contributed by atoms with Gasteiger partial charge in [0.1, 0.15) is 0 Å². The first-order valence-corrected chi connectivity index (χ1v) is 4.61. The van der Waals surface area contributed by atoms with Gasteiger partial charge in [-0.3, -0.25) is 4.79 Å². The number of hydrogen-bond acceptors (Lipinski definition) is 2. The highest BCUT2D eigenvalue weighted by Gasteiger charge is 2.39. The number of carbonyl (C=O) groups is 1. The molecular weight excluding hydrogens is 191 g/mol. The normalized spacial score (nSPS) is 24.1. The second kappa shape index (κ2) is 3.55. The van der Waals surface area contributed by atoms with Gasteiger partial charge in [-0.05, 0) is 12.2 Å². The van der Waals surface area contributed by atoms with Gasteiger partial charge in [-0.1, -0.05) is 0 Å². The van der Waals surface area contributed by atoms with Crippen LogP contribution in [0.5, 0.6) is 0 Å². The fourth-order valence-electron chi connectivity index (χ4n) is 0.916. The van der Waals surface area contributed by atoms with E-state index in [1.165, 1.54) is 0 Å². The summed E-state index contributed by atoms with van der Waals surface area (Å²) in [7, 11) is 0. The Morgan fingerprint density at radius 1 is 1.50 bits per heavy atom. The van der Waals surface area contributed by atoms with Crippen LogP contribution in [0.25, 0.3) is 0 Å². The zero-order valence-electron chi connectivity index (χ0n) is 6.15. The molecular formula is C6H8F3NOS. The van der Waals surface area contributed by atoms with Crippen molar-refractivity contribution in [3.63, 3.8) is 0 Å². The topological polar surface area (TPSA) is 29.1 Å². The Bertz CT molecular complexity index is 176. The molecule has 1 atom stereocenters. The molecule has 1 heterocycles. The van der Waals surface area contributed by atoms with Crippen LogP contribution in [0.1, 0.15) is 6.42 Å². The standard InChI is InChI=1S/C6H8F3NOS/c7-6(8,9)5(11)10-4-1-2-12-3-4/h4H,1-3H2,(H,10,11). The molecule has 1 aliphatic heterocycles. The minimum absolute atomic E-state index is 0.302. The van der Waals surface area contributed by atoms with Gasteiger partial charge in [-0.2, -0.15) is 24.9 Å². The fourth-order valence-corrected chi connectivity index (χ4v) is 2.07. The molecule has 0 spiro atoms. The van der Waals surface area contributed by atoms with Crippen LogP contribution in [0, 0.1) is 0 Å². The van der Waals surface area contributed by atoms with Crippen LogP contribution in [0.4, 0.5) is 13.2 Å². The van der Waals surface area contributed by atoms with Crippen molar-refractivity contribution in [2.75, 3.05) is 11.5 Å². The van der Waals surface area contributed by atoms with E-state index in [9.17, 15) is 18.0 Å². The average Bonchev–Trinajstić information content (AvgIpc) is 2.37. The summed E-state index contributed by atoms with van der Waals surface area (Å²) in [5, 5.41) is 1.93. The van der Waals surface area contributed by atoms with Gasteiger partial charge >= 0.3 is 12.1 Å². The summed E-state index contributed by atoms with van der Waals surface area (Å²) in [6, 6.07) is -0.302. The number of nitrogens with one attached hydrogen (secondary N) is 1. The van der Waals surface area contributed by atoms with Gasteiger partial charge in [0.25, 0.3) is 0 Å². The van der Waals surface area contributed by atoms with Crippen molar-refractivity contribution in [3.8, 4) is 0 Å². The Balaban J connectivity index is 2.35. The number of hydrogen-bond donors (Lipinski definition) is 1. The molecule has 1 rings (SSSR count). The highest BCUT2D eigenvalue weighted by Crippen LogP contribution is 2.20. The van der Waals surface area contributed by atoms with Gasteiger partial charge in [0.15, 0.2) is 0 Å². The summed E-state index contributed by atoms with van der Waals surface area (Å²) in [4.78, 5) is 10.4. The maximum absolute atomic E-state index is 11.7. The average molecular weight is 199 g/mol. The van der Waals surface area contributed by atoms with Crippen molar-refractivity contribution in [3.05, 3.63) is 0 Å². The molecule has 1 fully saturated rings. The molecule has 1 amide bonds. The van der Waals surface area contributed by atoms with E-state index in [4.69, 9.17) is 0 Å². The molecule has 6 heteroatoms. The number of thioether (sulfide) groups is 1. The van der Waals surface area contributed by atoms with Crippen LogP contribution in [-0.2, 0) is 4.79 Å². The Hall–Kier alpha value is -0.390. The Labute approximate surface area is 71.9 Å². The maximum Gasteiger partial charge on any atom is 0.471 e. The van der Waals surface area contributed by atoms with Crippen molar-refractivity contribution in [1.82, 2.24) is 5.32 Å². The number of alkyl halides is 3. The molecule has 2 nitrogen and oxygen atoms in total. The molecule has 0 aromatic carbocycles. The first kappa shape index (κ1) is 9.70. The van der Waals surface area contributed by atoms with E-state index in [2.05, 4.69) is 0 Å². The van der Waals surface area contributed by atoms with Crippen LogP contribution in [0.2, 0.25) is 0 Å². The van der Waals surface area contributed by atoms with Gasteiger partial charge in [-0.25, -0.2) is 0 Å². The Morgan fingerprint density at radius 3 is 2.58 bits per heavy atom. The van der Waals surface area contributed by atoms with E-state index in [-0.39, 0.29) is 6.04 Å². The van der Waals surface area contributed by atoms with Crippen LogP contribution in [0.3, 0.4) is 0 Å². The van der Waals surface area contributed by atoms with Crippen molar-refractivity contribution < 1.29 is 18.0 Å². The minimum Gasteiger partial charge on any atom is -0.345 e. The quantitative estimate of drug-likeness (QED) is 0.686. The first-order chi connectivity index (χ1) is 5.50. The number of amides is 1. The Kier molecular flexibility index (Phi) is 2.87. The van der Waals surface area contributed by atoms with Crippen molar-refractivity contribution >= 4 is 17.7 Å². The number of halogens is 3. The molecule has 0 aromatic heterocycles. The highest BCUT2D eigenvalue weighted by atomic mass is 32.2.